The number of carbonyl (C=O) groups excluding carboxylic acids is 1. The van der Waals surface area contributed by atoms with E-state index in [4.69, 9.17) is 0 Å². The lowest BCUT2D eigenvalue weighted by Gasteiger charge is -2.20. The summed E-state index contributed by atoms with van der Waals surface area (Å²) in [5, 5.41) is 0.878. The first kappa shape index (κ1) is 30.3. The molecule has 2 aromatic carbocycles. The first-order valence-corrected chi connectivity index (χ1v) is 10.7. The van der Waals surface area contributed by atoms with Gasteiger partial charge in [0.25, 0.3) is 5.91 Å². The molecule has 1 atom stereocenters. The van der Waals surface area contributed by atoms with Crippen LogP contribution < -0.4 is 10.4 Å². The van der Waals surface area contributed by atoms with Gasteiger partial charge in [-0.05, 0) is 42.0 Å². The lowest BCUT2D eigenvalue weighted by atomic mass is 9.94. The van der Waals surface area contributed by atoms with Crippen LogP contribution in [0.4, 0.5) is 54.2 Å². The molecule has 0 aliphatic heterocycles. The van der Waals surface area contributed by atoms with E-state index in [9.17, 15) is 53.1 Å². The van der Waals surface area contributed by atoms with Gasteiger partial charge in [0.05, 0.1) is 16.7 Å². The highest BCUT2D eigenvalue weighted by atomic mass is 19.4. The van der Waals surface area contributed by atoms with Gasteiger partial charge in [0.15, 0.2) is 0 Å². The van der Waals surface area contributed by atoms with E-state index in [-0.39, 0.29) is 30.2 Å². The molecule has 16 heteroatoms. The first-order chi connectivity index (χ1) is 18.4. The van der Waals surface area contributed by atoms with Gasteiger partial charge in [-0.15, -0.1) is 0 Å². The SMILES string of the molecule is CN(NC(=O)c1ccc(/C(F)=C/C(c2ccc(F)c(C(F)(F)F)c2)C(F)(F)F)cc1C(F)(F)F)c1ncccn1. The largest absolute Gasteiger partial charge is 0.419 e. The standard InChI is InChI=1S/C24H15F11N4O/c1-39(21-36-7-2-8-37-21)38-20(40)14-5-3-13(10-16(14)23(30,31)32)19(26)11-15(22(27,28)29)12-4-6-18(25)17(9-12)24(33,34)35/h2-11,15H,1H3,(H,38,40)/b19-11-. The molecule has 0 fully saturated rings. The maximum atomic E-state index is 14.9. The Morgan fingerprint density at radius 2 is 1.50 bits per heavy atom. The molecular weight excluding hydrogens is 569 g/mol. The molecular formula is C24H15F11N4O. The van der Waals surface area contributed by atoms with E-state index in [2.05, 4.69) is 15.4 Å². The summed E-state index contributed by atoms with van der Waals surface area (Å²) < 4.78 is 150. The zero-order valence-corrected chi connectivity index (χ0v) is 19.8. The topological polar surface area (TPSA) is 58.1 Å². The Labute approximate surface area is 217 Å². The minimum Gasteiger partial charge on any atom is -0.267 e. The van der Waals surface area contributed by atoms with E-state index < -0.39 is 69.8 Å². The molecule has 0 bridgehead atoms. The molecule has 1 heterocycles. The van der Waals surface area contributed by atoms with Crippen LogP contribution in [-0.4, -0.2) is 29.1 Å². The van der Waals surface area contributed by atoms with Crippen LogP contribution in [0.25, 0.3) is 5.83 Å². The molecule has 0 radical (unpaired) electrons. The second-order valence-corrected chi connectivity index (χ2v) is 8.08. The van der Waals surface area contributed by atoms with Crippen LogP contribution in [0.1, 0.15) is 38.5 Å². The van der Waals surface area contributed by atoms with Crippen LogP contribution in [0.3, 0.4) is 0 Å². The number of hydrazine groups is 1. The van der Waals surface area contributed by atoms with Crippen molar-refractivity contribution in [3.05, 3.63) is 94.6 Å². The van der Waals surface area contributed by atoms with Crippen molar-refractivity contribution in [1.82, 2.24) is 15.4 Å². The second kappa shape index (κ2) is 11.1. The van der Waals surface area contributed by atoms with Gasteiger partial charge < -0.3 is 0 Å². The van der Waals surface area contributed by atoms with E-state index in [1.165, 1.54) is 25.5 Å². The number of anilines is 1. The maximum Gasteiger partial charge on any atom is 0.419 e. The van der Waals surface area contributed by atoms with Crippen molar-refractivity contribution in [2.45, 2.75) is 24.4 Å². The van der Waals surface area contributed by atoms with Crippen LogP contribution in [0.5, 0.6) is 0 Å². The van der Waals surface area contributed by atoms with Crippen LogP contribution >= 0.6 is 0 Å². The van der Waals surface area contributed by atoms with Gasteiger partial charge >= 0.3 is 18.5 Å². The molecule has 1 unspecified atom stereocenters. The molecule has 5 nitrogen and oxygen atoms in total. The van der Waals surface area contributed by atoms with Gasteiger partial charge in [-0.2, -0.15) is 39.5 Å². The number of aromatic nitrogens is 2. The third-order valence-corrected chi connectivity index (χ3v) is 5.29. The smallest absolute Gasteiger partial charge is 0.267 e. The number of carbonyl (C=O) groups is 1. The number of amides is 1. The third-order valence-electron chi connectivity index (χ3n) is 5.29. The van der Waals surface area contributed by atoms with Crippen molar-refractivity contribution < 1.29 is 53.1 Å². The zero-order chi connectivity index (χ0) is 30.0. The van der Waals surface area contributed by atoms with Crippen molar-refractivity contribution in [2.24, 2.45) is 0 Å². The van der Waals surface area contributed by atoms with Gasteiger partial charge in [-0.1, -0.05) is 12.1 Å². The molecule has 3 rings (SSSR count). The molecule has 1 aromatic heterocycles. The summed E-state index contributed by atoms with van der Waals surface area (Å²) in [6.45, 7) is 0. The number of allylic oxidation sites excluding steroid dienone is 1. The summed E-state index contributed by atoms with van der Waals surface area (Å²) in [5.41, 5.74) is -5.02. The lowest BCUT2D eigenvalue weighted by Crippen LogP contribution is -2.41. The van der Waals surface area contributed by atoms with Crippen LogP contribution in [0.15, 0.2) is 60.9 Å². The predicted molar refractivity (Wildman–Crippen MR) is 119 cm³/mol. The Morgan fingerprint density at radius 3 is 2.05 bits per heavy atom. The molecule has 0 aliphatic rings. The number of hydrogen-bond acceptors (Lipinski definition) is 4. The normalized spacial score (nSPS) is 13.7. The molecule has 1 N–H and O–H groups in total. The molecule has 0 spiro atoms. The van der Waals surface area contributed by atoms with Crippen molar-refractivity contribution in [3.8, 4) is 0 Å². The fourth-order valence-electron chi connectivity index (χ4n) is 3.43. The summed E-state index contributed by atoms with van der Waals surface area (Å²) in [6.07, 6.45) is -13.8. The third kappa shape index (κ3) is 7.04. The monoisotopic (exact) mass is 584 g/mol. The Balaban J connectivity index is 2.02. The molecule has 0 saturated carbocycles. The number of hydrogen-bond donors (Lipinski definition) is 1. The Morgan fingerprint density at radius 1 is 0.900 bits per heavy atom. The average Bonchev–Trinajstić information content (AvgIpc) is 2.85. The van der Waals surface area contributed by atoms with Gasteiger partial charge in [0.2, 0.25) is 5.95 Å². The summed E-state index contributed by atoms with van der Waals surface area (Å²) in [4.78, 5) is 20.1. The van der Waals surface area contributed by atoms with Crippen molar-refractivity contribution in [2.75, 3.05) is 12.1 Å². The van der Waals surface area contributed by atoms with Gasteiger partial charge in [-0.3, -0.25) is 15.2 Å². The predicted octanol–water partition coefficient (Wildman–Crippen LogP) is 7.09. The Kier molecular flexibility index (Phi) is 8.40. The highest BCUT2D eigenvalue weighted by Gasteiger charge is 2.42. The molecule has 1 amide bonds. The quantitative estimate of drug-likeness (QED) is 0.248. The maximum absolute atomic E-state index is 14.9. The average molecular weight is 584 g/mol. The van der Waals surface area contributed by atoms with Crippen LogP contribution in [0, 0.1) is 5.82 Å². The van der Waals surface area contributed by atoms with Crippen molar-refractivity contribution in [1.29, 1.82) is 0 Å². The summed E-state index contributed by atoms with van der Waals surface area (Å²) in [6, 6.07) is 2.86. The molecule has 3 aromatic rings. The number of nitrogens with zero attached hydrogens (tertiary/aromatic N) is 3. The van der Waals surface area contributed by atoms with E-state index in [1.54, 1.807) is 0 Å². The van der Waals surface area contributed by atoms with Crippen LogP contribution in [-0.2, 0) is 12.4 Å². The number of benzene rings is 2. The fraction of sp³-hybridized carbons (Fsp3) is 0.208. The molecule has 0 saturated heterocycles. The molecule has 0 aliphatic carbocycles. The van der Waals surface area contributed by atoms with E-state index in [0.717, 1.165) is 5.01 Å². The van der Waals surface area contributed by atoms with Gasteiger partial charge in [0, 0.05) is 25.0 Å². The van der Waals surface area contributed by atoms with Crippen LogP contribution in [0.2, 0.25) is 0 Å². The Hall–Kier alpha value is -4.24. The minimum absolute atomic E-state index is 0.0685. The van der Waals surface area contributed by atoms with E-state index in [1.807, 2.05) is 0 Å². The summed E-state index contributed by atoms with van der Waals surface area (Å²) >= 11 is 0. The van der Waals surface area contributed by atoms with E-state index >= 15 is 0 Å². The summed E-state index contributed by atoms with van der Waals surface area (Å²) in [7, 11) is 1.20. The Bertz CT molecular complexity index is 1400. The lowest BCUT2D eigenvalue weighted by molar-refractivity contribution is -0.143. The molecule has 40 heavy (non-hydrogen) atoms. The van der Waals surface area contributed by atoms with Gasteiger partial charge in [-0.25, -0.2) is 18.7 Å². The van der Waals surface area contributed by atoms with E-state index in [0.29, 0.717) is 18.2 Å². The number of rotatable bonds is 6. The second-order valence-electron chi connectivity index (χ2n) is 8.08. The first-order valence-electron chi connectivity index (χ1n) is 10.7. The summed E-state index contributed by atoms with van der Waals surface area (Å²) in [5.74, 6) is -8.33. The molecule has 214 valence electrons. The van der Waals surface area contributed by atoms with Crippen molar-refractivity contribution in [3.63, 3.8) is 0 Å². The van der Waals surface area contributed by atoms with Crippen molar-refractivity contribution >= 4 is 17.7 Å². The fourth-order valence-corrected chi connectivity index (χ4v) is 3.43. The minimum atomic E-state index is -5.42. The number of nitrogens with one attached hydrogen (secondary N) is 1. The highest BCUT2D eigenvalue weighted by Crippen LogP contribution is 2.42. The highest BCUT2D eigenvalue weighted by molar-refractivity contribution is 5.97. The number of halogens is 11. The van der Waals surface area contributed by atoms with Gasteiger partial charge in [0.1, 0.15) is 17.6 Å². The number of alkyl halides is 9. The zero-order valence-electron chi connectivity index (χ0n) is 19.8.